The Bertz CT molecular complexity index is 1390. The largest absolute Gasteiger partial charge is 0.312 e. The van der Waals surface area contributed by atoms with Gasteiger partial charge in [-0.2, -0.15) is 5.26 Å². The fourth-order valence-corrected chi connectivity index (χ4v) is 5.76. The molecule has 4 aromatic rings. The van der Waals surface area contributed by atoms with Gasteiger partial charge in [0.25, 0.3) is 5.91 Å². The minimum atomic E-state index is -0.246. The number of hydrogen-bond donors (Lipinski definition) is 1. The topological polar surface area (TPSA) is 65.8 Å². The molecule has 1 amide bonds. The van der Waals surface area contributed by atoms with Crippen LogP contribution in [0.2, 0.25) is 5.02 Å². The number of pyridine rings is 1. The number of nitrogens with zero attached hydrogens (tertiary/aromatic N) is 2. The lowest BCUT2D eigenvalue weighted by molar-refractivity contribution is 0.102. The van der Waals surface area contributed by atoms with Crippen LogP contribution in [0.3, 0.4) is 0 Å². The van der Waals surface area contributed by atoms with E-state index in [0.717, 1.165) is 47.7 Å². The van der Waals surface area contributed by atoms with Crippen LogP contribution < -0.4 is 5.32 Å². The molecule has 4 nitrogen and oxygen atoms in total. The summed E-state index contributed by atoms with van der Waals surface area (Å²) < 4.78 is 0. The number of hydrogen-bond acceptors (Lipinski definition) is 4. The van der Waals surface area contributed by atoms with Crippen molar-refractivity contribution in [3.8, 4) is 17.3 Å². The molecule has 5 rings (SSSR count). The molecule has 0 fully saturated rings. The van der Waals surface area contributed by atoms with E-state index in [0.29, 0.717) is 26.8 Å². The summed E-state index contributed by atoms with van der Waals surface area (Å²) in [4.78, 5) is 19.4. The molecular formula is C26H20ClN3OS. The second-order valence-electron chi connectivity index (χ2n) is 7.89. The maximum Gasteiger partial charge on any atom is 0.257 e. The molecule has 6 heteroatoms. The molecule has 2 aromatic carbocycles. The van der Waals surface area contributed by atoms with E-state index in [1.54, 1.807) is 17.4 Å². The quantitative estimate of drug-likeness (QED) is 0.336. The summed E-state index contributed by atoms with van der Waals surface area (Å²) in [5.74, 6) is -0.246. The maximum atomic E-state index is 13.5. The van der Waals surface area contributed by atoms with Crippen LogP contribution in [0.5, 0.6) is 0 Å². The maximum absolute atomic E-state index is 13.5. The van der Waals surface area contributed by atoms with Gasteiger partial charge in [-0.15, -0.1) is 11.3 Å². The van der Waals surface area contributed by atoms with Crippen molar-refractivity contribution in [2.75, 3.05) is 5.32 Å². The fourth-order valence-electron chi connectivity index (χ4n) is 4.29. The Morgan fingerprint density at radius 2 is 1.84 bits per heavy atom. The summed E-state index contributed by atoms with van der Waals surface area (Å²) in [5, 5.41) is 14.8. The normalized spacial score (nSPS) is 13.2. The number of halogens is 1. The van der Waals surface area contributed by atoms with Gasteiger partial charge in [-0.1, -0.05) is 54.4 Å². The Kier molecular flexibility index (Phi) is 5.65. The van der Waals surface area contributed by atoms with Gasteiger partial charge in [0.2, 0.25) is 0 Å². The number of para-hydroxylation sites is 1. The van der Waals surface area contributed by atoms with Crippen LogP contribution in [-0.4, -0.2) is 10.9 Å². The molecule has 0 spiro atoms. The third-order valence-corrected chi connectivity index (χ3v) is 7.41. The summed E-state index contributed by atoms with van der Waals surface area (Å²) in [6.07, 6.45) is 5.27. The molecule has 0 saturated heterocycles. The number of nitriles is 1. The van der Waals surface area contributed by atoms with E-state index in [1.165, 1.54) is 11.3 Å². The molecule has 32 heavy (non-hydrogen) atoms. The van der Waals surface area contributed by atoms with E-state index in [-0.39, 0.29) is 5.91 Å². The number of rotatable bonds is 3. The zero-order valence-corrected chi connectivity index (χ0v) is 18.9. The molecule has 0 radical (unpaired) electrons. The molecule has 0 unspecified atom stereocenters. The van der Waals surface area contributed by atoms with E-state index in [1.807, 2.05) is 48.5 Å². The van der Waals surface area contributed by atoms with Crippen molar-refractivity contribution >= 4 is 44.7 Å². The molecule has 1 aliphatic rings. The zero-order valence-electron chi connectivity index (χ0n) is 17.3. The van der Waals surface area contributed by atoms with Crippen molar-refractivity contribution in [1.82, 2.24) is 4.98 Å². The molecule has 0 atom stereocenters. The van der Waals surface area contributed by atoms with E-state index < -0.39 is 0 Å². The van der Waals surface area contributed by atoms with Gasteiger partial charge in [0.05, 0.1) is 22.3 Å². The summed E-state index contributed by atoms with van der Waals surface area (Å²) in [6, 6.07) is 19.2. The average molecular weight is 458 g/mol. The molecular weight excluding hydrogens is 438 g/mol. The van der Waals surface area contributed by atoms with Crippen molar-refractivity contribution < 1.29 is 4.79 Å². The second-order valence-corrected chi connectivity index (χ2v) is 9.40. The molecule has 1 aliphatic carbocycles. The Labute approximate surface area is 195 Å². The molecule has 0 aliphatic heterocycles. The Hall–Kier alpha value is -3.20. The van der Waals surface area contributed by atoms with E-state index >= 15 is 0 Å². The molecule has 0 saturated carbocycles. The SMILES string of the molecule is N#Cc1c(NC(=O)c2cc(-c3ccccc3Cl)nc3ccccc23)sc2c1CCCCC2. The smallest absolute Gasteiger partial charge is 0.257 e. The monoisotopic (exact) mass is 457 g/mol. The van der Waals surface area contributed by atoms with E-state index in [2.05, 4.69) is 11.4 Å². The number of benzene rings is 2. The first-order valence-corrected chi connectivity index (χ1v) is 11.9. The van der Waals surface area contributed by atoms with Crippen molar-refractivity contribution in [3.05, 3.63) is 81.2 Å². The van der Waals surface area contributed by atoms with Crippen LogP contribution in [0.15, 0.2) is 54.6 Å². The Balaban J connectivity index is 1.59. The van der Waals surface area contributed by atoms with Crippen LogP contribution in [0, 0.1) is 11.3 Å². The first-order chi connectivity index (χ1) is 15.7. The zero-order chi connectivity index (χ0) is 22.1. The third kappa shape index (κ3) is 3.77. The molecule has 158 valence electrons. The summed E-state index contributed by atoms with van der Waals surface area (Å²) in [5.41, 5.74) is 4.37. The van der Waals surface area contributed by atoms with Gasteiger partial charge in [0, 0.05) is 20.8 Å². The predicted octanol–water partition coefficient (Wildman–Crippen LogP) is 7.01. The second kappa shape index (κ2) is 8.74. The van der Waals surface area contributed by atoms with Gasteiger partial charge < -0.3 is 5.32 Å². The van der Waals surface area contributed by atoms with Crippen LogP contribution >= 0.6 is 22.9 Å². The number of fused-ring (bicyclic) bond motifs is 2. The number of aryl methyl sites for hydroxylation is 1. The van der Waals surface area contributed by atoms with Gasteiger partial charge >= 0.3 is 0 Å². The van der Waals surface area contributed by atoms with Gasteiger partial charge in [-0.05, 0) is 49.4 Å². The highest BCUT2D eigenvalue weighted by Gasteiger charge is 2.22. The molecule has 0 bridgehead atoms. The van der Waals surface area contributed by atoms with Gasteiger partial charge in [-0.25, -0.2) is 4.98 Å². The number of amides is 1. The van der Waals surface area contributed by atoms with Crippen LogP contribution in [0.1, 0.15) is 45.6 Å². The number of nitrogens with one attached hydrogen (secondary N) is 1. The van der Waals surface area contributed by atoms with Crippen molar-refractivity contribution in [2.24, 2.45) is 0 Å². The number of anilines is 1. The Morgan fingerprint density at radius 1 is 1.06 bits per heavy atom. The predicted molar refractivity (Wildman–Crippen MR) is 130 cm³/mol. The number of aromatic nitrogens is 1. The number of carbonyl (C=O) groups excluding carboxylic acids is 1. The summed E-state index contributed by atoms with van der Waals surface area (Å²) in [7, 11) is 0. The highest BCUT2D eigenvalue weighted by Crippen LogP contribution is 2.38. The van der Waals surface area contributed by atoms with Gasteiger partial charge in [-0.3, -0.25) is 4.79 Å². The van der Waals surface area contributed by atoms with Crippen molar-refractivity contribution in [3.63, 3.8) is 0 Å². The highest BCUT2D eigenvalue weighted by atomic mass is 35.5. The summed E-state index contributed by atoms with van der Waals surface area (Å²) in [6.45, 7) is 0. The van der Waals surface area contributed by atoms with Crippen LogP contribution in [0.25, 0.3) is 22.2 Å². The highest BCUT2D eigenvalue weighted by molar-refractivity contribution is 7.16. The first kappa shape index (κ1) is 20.7. The third-order valence-electron chi connectivity index (χ3n) is 5.87. The lowest BCUT2D eigenvalue weighted by atomic mass is 10.0. The minimum Gasteiger partial charge on any atom is -0.312 e. The van der Waals surface area contributed by atoms with Gasteiger partial charge in [0.15, 0.2) is 0 Å². The van der Waals surface area contributed by atoms with Crippen LogP contribution in [0.4, 0.5) is 5.00 Å². The van der Waals surface area contributed by atoms with Crippen molar-refractivity contribution in [2.45, 2.75) is 32.1 Å². The lowest BCUT2D eigenvalue weighted by Crippen LogP contribution is -2.13. The molecule has 2 heterocycles. The molecule has 1 N–H and O–H groups in total. The lowest BCUT2D eigenvalue weighted by Gasteiger charge is -2.11. The molecule has 2 aromatic heterocycles. The Morgan fingerprint density at radius 3 is 2.69 bits per heavy atom. The number of thiophene rings is 1. The van der Waals surface area contributed by atoms with Crippen LogP contribution in [-0.2, 0) is 12.8 Å². The summed E-state index contributed by atoms with van der Waals surface area (Å²) >= 11 is 7.95. The van der Waals surface area contributed by atoms with E-state index in [9.17, 15) is 10.1 Å². The average Bonchev–Trinajstić information content (AvgIpc) is 2.97. The fraction of sp³-hybridized carbons (Fsp3) is 0.192. The van der Waals surface area contributed by atoms with Gasteiger partial charge in [0.1, 0.15) is 11.1 Å². The number of carbonyl (C=O) groups is 1. The van der Waals surface area contributed by atoms with E-state index in [4.69, 9.17) is 16.6 Å². The standard InChI is InChI=1S/C26H20ClN3OS/c27-21-11-6-4-10-18(21)23-14-19(16-8-5-7-12-22(16)29-23)25(31)30-26-20(15-28)17-9-2-1-3-13-24(17)32-26/h4-8,10-12,14H,1-3,9,13H2,(H,30,31). The first-order valence-electron chi connectivity index (χ1n) is 10.7. The minimum absolute atomic E-state index is 0.246. The van der Waals surface area contributed by atoms with Crippen molar-refractivity contribution in [1.29, 1.82) is 5.26 Å².